The summed E-state index contributed by atoms with van der Waals surface area (Å²) in [6.45, 7) is 11.7. The van der Waals surface area contributed by atoms with Crippen molar-refractivity contribution in [1.29, 1.82) is 0 Å². The molecule has 33 heavy (non-hydrogen) atoms. The Hall–Kier alpha value is -1.12. The molecule has 2 N–H and O–H groups in total. The van der Waals surface area contributed by atoms with E-state index in [1.54, 1.807) is 32.1 Å². The molecule has 6 nitrogen and oxygen atoms in total. The van der Waals surface area contributed by atoms with Crippen molar-refractivity contribution in [3.05, 3.63) is 21.7 Å². The molecule has 0 aliphatic carbocycles. The summed E-state index contributed by atoms with van der Waals surface area (Å²) in [5.41, 5.74) is 1.07. The number of epoxide rings is 1. The van der Waals surface area contributed by atoms with Crippen LogP contribution in [-0.2, 0) is 14.3 Å². The smallest absolute Gasteiger partial charge is 0.146 e. The minimum absolute atomic E-state index is 0.0184. The zero-order chi connectivity index (χ0) is 24.3. The molecule has 1 aromatic rings. The lowest BCUT2D eigenvalue weighted by atomic mass is 9.73. The van der Waals surface area contributed by atoms with Crippen LogP contribution in [0.4, 0.5) is 0 Å². The van der Waals surface area contributed by atoms with Crippen molar-refractivity contribution in [3.8, 4) is 0 Å². The number of carbonyl (C=O) groups is 1. The zero-order valence-electron chi connectivity index (χ0n) is 20.9. The average molecular weight is 480 g/mol. The second-order valence-corrected chi connectivity index (χ2v) is 11.6. The lowest BCUT2D eigenvalue weighted by molar-refractivity contribution is -0.142. The third-order valence-corrected chi connectivity index (χ3v) is 8.28. The molecule has 2 aliphatic heterocycles. The number of hydrogen-bond donors (Lipinski definition) is 2. The number of rotatable bonds is 2. The molecule has 2 aliphatic rings. The molecule has 0 radical (unpaired) electrons. The van der Waals surface area contributed by atoms with Gasteiger partial charge in [-0.2, -0.15) is 0 Å². The Kier molecular flexibility index (Phi) is 8.89. The van der Waals surface area contributed by atoms with Gasteiger partial charge < -0.3 is 19.7 Å². The first-order chi connectivity index (χ1) is 15.5. The van der Waals surface area contributed by atoms with Gasteiger partial charge in [-0.25, -0.2) is 4.98 Å². The van der Waals surface area contributed by atoms with Gasteiger partial charge in [-0.05, 0) is 50.7 Å². The number of aliphatic hydroxyl groups excluding tert-OH is 2. The number of ketones is 1. The topological polar surface area (TPSA) is 92.2 Å². The van der Waals surface area contributed by atoms with Gasteiger partial charge in [0.15, 0.2) is 0 Å². The van der Waals surface area contributed by atoms with E-state index in [1.807, 2.05) is 19.2 Å². The standard InChI is InChI=1S/C26H41NO5S/c1-15-8-7-9-20-22(32-20)13-21(16(2)12-19-14-33-18(4)27-19)31-11-10-23(28)26(5,6)25(30)17(3)24(15)29/h12,14-15,17,20-24,28-29H,7-11,13H2,1-6H3/b16-12+/t15-,17+,20+,21-,22-,23-,24-/m0/s1. The summed E-state index contributed by atoms with van der Waals surface area (Å²) in [7, 11) is 0. The first-order valence-corrected chi connectivity index (χ1v) is 13.2. The van der Waals surface area contributed by atoms with Crippen LogP contribution in [0.25, 0.3) is 6.08 Å². The van der Waals surface area contributed by atoms with Crippen molar-refractivity contribution in [2.45, 2.75) is 104 Å². The van der Waals surface area contributed by atoms with Crippen LogP contribution in [0.15, 0.2) is 11.0 Å². The van der Waals surface area contributed by atoms with Gasteiger partial charge in [-0.15, -0.1) is 11.3 Å². The number of nitrogens with zero attached hydrogens (tertiary/aromatic N) is 1. The number of aliphatic hydroxyl groups is 2. The number of Topliss-reactive ketones (excluding diaryl/α,β-unsaturated/α-hetero) is 1. The molecule has 7 atom stereocenters. The van der Waals surface area contributed by atoms with E-state index < -0.39 is 23.5 Å². The van der Waals surface area contributed by atoms with E-state index in [0.29, 0.717) is 13.0 Å². The van der Waals surface area contributed by atoms with Crippen molar-refractivity contribution in [1.82, 2.24) is 4.98 Å². The number of ether oxygens (including phenoxy) is 2. The van der Waals surface area contributed by atoms with Crippen molar-refractivity contribution >= 4 is 23.2 Å². The fourth-order valence-corrected chi connectivity index (χ4v) is 5.47. The summed E-state index contributed by atoms with van der Waals surface area (Å²) < 4.78 is 12.2. The molecule has 186 valence electrons. The maximum absolute atomic E-state index is 13.2. The van der Waals surface area contributed by atoms with E-state index in [4.69, 9.17) is 9.47 Å². The fraction of sp³-hybridized carbons (Fsp3) is 0.769. The average Bonchev–Trinajstić information content (AvgIpc) is 3.38. The second kappa shape index (κ2) is 11.1. The molecule has 0 saturated carbocycles. The molecule has 7 heteroatoms. The number of fused-ring (bicyclic) bond motifs is 1. The molecule has 0 bridgehead atoms. The number of aryl methyl sites for hydroxylation is 1. The summed E-state index contributed by atoms with van der Waals surface area (Å²) >= 11 is 1.63. The van der Waals surface area contributed by atoms with Crippen molar-refractivity contribution in [2.75, 3.05) is 6.61 Å². The highest BCUT2D eigenvalue weighted by atomic mass is 32.1. The molecule has 3 heterocycles. The van der Waals surface area contributed by atoms with Crippen LogP contribution in [0.3, 0.4) is 0 Å². The van der Waals surface area contributed by atoms with Crippen LogP contribution < -0.4 is 0 Å². The van der Waals surface area contributed by atoms with E-state index in [-0.39, 0.29) is 30.0 Å². The van der Waals surface area contributed by atoms with Gasteiger partial charge >= 0.3 is 0 Å². The molecule has 0 spiro atoms. The van der Waals surface area contributed by atoms with E-state index in [2.05, 4.69) is 18.0 Å². The quantitative estimate of drug-likeness (QED) is 0.604. The van der Waals surface area contributed by atoms with Crippen molar-refractivity contribution < 1.29 is 24.5 Å². The van der Waals surface area contributed by atoms with Gasteiger partial charge in [0.05, 0.1) is 41.2 Å². The summed E-state index contributed by atoms with van der Waals surface area (Å²) in [5.74, 6) is -0.605. The maximum atomic E-state index is 13.2. The first kappa shape index (κ1) is 26.5. The maximum Gasteiger partial charge on any atom is 0.146 e. The number of carbonyl (C=O) groups excluding carboxylic acids is 1. The third kappa shape index (κ3) is 6.73. The first-order valence-electron chi connectivity index (χ1n) is 12.3. The van der Waals surface area contributed by atoms with E-state index >= 15 is 0 Å². The van der Waals surface area contributed by atoms with Crippen LogP contribution >= 0.6 is 11.3 Å². The van der Waals surface area contributed by atoms with Crippen LogP contribution in [0.5, 0.6) is 0 Å². The van der Waals surface area contributed by atoms with Crippen molar-refractivity contribution in [3.63, 3.8) is 0 Å². The third-order valence-electron chi connectivity index (χ3n) is 7.49. The molecule has 3 rings (SSSR count). The summed E-state index contributed by atoms with van der Waals surface area (Å²) in [6, 6.07) is 0. The molecule has 2 saturated heterocycles. The highest BCUT2D eigenvalue weighted by Gasteiger charge is 2.43. The Morgan fingerprint density at radius 3 is 2.61 bits per heavy atom. The van der Waals surface area contributed by atoms with E-state index in [1.165, 1.54) is 0 Å². The number of hydrogen-bond acceptors (Lipinski definition) is 7. The van der Waals surface area contributed by atoms with E-state index in [9.17, 15) is 15.0 Å². The molecule has 0 aromatic carbocycles. The van der Waals surface area contributed by atoms with Gasteiger partial charge in [0, 0.05) is 29.7 Å². The Morgan fingerprint density at radius 1 is 1.21 bits per heavy atom. The van der Waals surface area contributed by atoms with Crippen LogP contribution in [0.2, 0.25) is 0 Å². The van der Waals surface area contributed by atoms with Gasteiger partial charge in [-0.1, -0.05) is 34.1 Å². The Morgan fingerprint density at radius 2 is 1.94 bits per heavy atom. The molecular formula is C26H41NO5S. The summed E-state index contributed by atoms with van der Waals surface area (Å²) in [4.78, 5) is 17.7. The summed E-state index contributed by atoms with van der Waals surface area (Å²) in [5, 5.41) is 24.7. The Bertz CT molecular complexity index is 834. The molecule has 1 aromatic heterocycles. The summed E-state index contributed by atoms with van der Waals surface area (Å²) in [6.07, 6.45) is 4.65. The molecule has 0 unspecified atom stereocenters. The largest absolute Gasteiger partial charge is 0.392 e. The highest BCUT2D eigenvalue weighted by Crippen LogP contribution is 2.36. The normalized spacial score (nSPS) is 36.9. The predicted molar refractivity (Wildman–Crippen MR) is 131 cm³/mol. The zero-order valence-corrected chi connectivity index (χ0v) is 21.7. The van der Waals surface area contributed by atoms with Gasteiger partial charge in [0.25, 0.3) is 0 Å². The highest BCUT2D eigenvalue weighted by molar-refractivity contribution is 7.09. The van der Waals surface area contributed by atoms with Crippen LogP contribution in [-0.4, -0.2) is 58.1 Å². The lowest BCUT2D eigenvalue weighted by Crippen LogP contribution is -2.45. The second-order valence-electron chi connectivity index (χ2n) is 10.6. The van der Waals surface area contributed by atoms with Crippen LogP contribution in [0.1, 0.15) is 77.4 Å². The van der Waals surface area contributed by atoms with Gasteiger partial charge in [-0.3, -0.25) is 4.79 Å². The van der Waals surface area contributed by atoms with Gasteiger partial charge in [0.2, 0.25) is 0 Å². The molecule has 0 amide bonds. The minimum Gasteiger partial charge on any atom is -0.392 e. The van der Waals surface area contributed by atoms with Crippen LogP contribution in [0, 0.1) is 24.2 Å². The Labute approximate surface area is 202 Å². The molecular weight excluding hydrogens is 438 g/mol. The lowest BCUT2D eigenvalue weighted by Gasteiger charge is -2.35. The predicted octanol–water partition coefficient (Wildman–Crippen LogP) is 4.56. The fourth-order valence-electron chi connectivity index (χ4n) is 4.90. The monoisotopic (exact) mass is 479 g/mol. The minimum atomic E-state index is -0.955. The number of aromatic nitrogens is 1. The number of thiazole rings is 1. The Balaban J connectivity index is 1.75. The molecule has 2 fully saturated rings. The van der Waals surface area contributed by atoms with E-state index in [0.717, 1.165) is 42.0 Å². The SMILES string of the molecule is C/C(=C\c1csc(C)n1)[C@@H]1C[C@@H]2O[C@@H]2CCC[C@H](C)[C@H](O)[C@@H](C)C(=O)C(C)(C)[C@@H](O)CCO1. The van der Waals surface area contributed by atoms with Crippen molar-refractivity contribution in [2.24, 2.45) is 17.3 Å². The van der Waals surface area contributed by atoms with Gasteiger partial charge in [0.1, 0.15) is 5.78 Å².